The molecular formula is C24H17NOS. The molecule has 2 nitrogen and oxygen atoms in total. The van der Waals surface area contributed by atoms with Gasteiger partial charge in [-0.05, 0) is 29.3 Å². The molecule has 2 heterocycles. The van der Waals surface area contributed by atoms with Crippen molar-refractivity contribution in [3.8, 4) is 0 Å². The largest absolute Gasteiger partial charge is 0.462 e. The van der Waals surface area contributed by atoms with Gasteiger partial charge in [0.25, 0.3) is 0 Å². The first kappa shape index (κ1) is 16.2. The molecule has 130 valence electrons. The van der Waals surface area contributed by atoms with Crippen molar-refractivity contribution in [1.29, 1.82) is 0 Å². The molecule has 3 aromatic carbocycles. The monoisotopic (exact) mass is 367 g/mol. The van der Waals surface area contributed by atoms with Crippen LogP contribution in [-0.2, 0) is 4.75 Å². The van der Waals surface area contributed by atoms with E-state index >= 15 is 0 Å². The average molecular weight is 367 g/mol. The highest BCUT2D eigenvalue weighted by atomic mass is 32.2. The van der Waals surface area contributed by atoms with E-state index in [-0.39, 0.29) is 4.75 Å². The summed E-state index contributed by atoms with van der Waals surface area (Å²) < 4.78 is 5.32. The number of fused-ring (bicyclic) bond motifs is 1. The Morgan fingerprint density at radius 1 is 0.667 bits per heavy atom. The zero-order chi connectivity index (χ0) is 18.1. The van der Waals surface area contributed by atoms with Gasteiger partial charge in [0.1, 0.15) is 5.04 Å². The summed E-state index contributed by atoms with van der Waals surface area (Å²) in [5.41, 5.74) is 4.64. The van der Waals surface area contributed by atoms with E-state index in [0.717, 1.165) is 16.5 Å². The summed E-state index contributed by atoms with van der Waals surface area (Å²) in [6.45, 7) is 0. The van der Waals surface area contributed by atoms with E-state index in [4.69, 9.17) is 9.41 Å². The van der Waals surface area contributed by atoms with Crippen LogP contribution in [0, 0.1) is 0 Å². The molecule has 0 unspecified atom stereocenters. The average Bonchev–Trinajstić information content (AvgIpc) is 3.29. The van der Waals surface area contributed by atoms with E-state index in [0.29, 0.717) is 0 Å². The van der Waals surface area contributed by atoms with Crippen LogP contribution >= 0.6 is 11.8 Å². The summed E-state index contributed by atoms with van der Waals surface area (Å²) in [5, 5.41) is 0.895. The highest BCUT2D eigenvalue weighted by molar-refractivity contribution is 8.15. The fraction of sp³-hybridized carbons (Fsp3) is 0.0417. The lowest BCUT2D eigenvalue weighted by Gasteiger charge is -2.38. The van der Waals surface area contributed by atoms with Crippen molar-refractivity contribution < 1.29 is 4.42 Å². The van der Waals surface area contributed by atoms with Crippen LogP contribution in [0.1, 0.15) is 22.5 Å². The minimum atomic E-state index is -0.386. The number of hydrogen-bond acceptors (Lipinski definition) is 3. The molecule has 0 saturated carbocycles. The maximum atomic E-state index is 5.70. The summed E-state index contributed by atoms with van der Waals surface area (Å²) in [4.78, 5) is 4.92. The smallest absolute Gasteiger partial charge is 0.158 e. The molecule has 0 saturated heterocycles. The van der Waals surface area contributed by atoms with Gasteiger partial charge in [-0.15, -0.1) is 0 Å². The molecule has 0 amide bonds. The molecule has 0 fully saturated rings. The maximum absolute atomic E-state index is 5.70. The SMILES string of the molecule is c1ccc(C2(c3ccccc3)SC(c3ccco3)=Nc3ccccc32)cc1. The molecule has 0 N–H and O–H groups in total. The van der Waals surface area contributed by atoms with Gasteiger partial charge in [-0.1, -0.05) is 90.6 Å². The third kappa shape index (κ3) is 2.63. The topological polar surface area (TPSA) is 25.5 Å². The Kier molecular flexibility index (Phi) is 3.95. The number of aliphatic imine (C=N–C) groups is 1. The number of thioether (sulfide) groups is 1. The molecule has 27 heavy (non-hydrogen) atoms. The van der Waals surface area contributed by atoms with Gasteiger partial charge in [0.05, 0.1) is 16.7 Å². The van der Waals surface area contributed by atoms with Crippen LogP contribution in [0.25, 0.3) is 0 Å². The number of furan rings is 1. The van der Waals surface area contributed by atoms with Gasteiger partial charge in [-0.2, -0.15) is 0 Å². The first-order chi connectivity index (χ1) is 13.4. The van der Waals surface area contributed by atoms with Gasteiger partial charge < -0.3 is 4.42 Å². The van der Waals surface area contributed by atoms with Crippen LogP contribution in [0.2, 0.25) is 0 Å². The van der Waals surface area contributed by atoms with Crippen LogP contribution in [0.5, 0.6) is 0 Å². The van der Waals surface area contributed by atoms with Crippen LogP contribution in [-0.4, -0.2) is 5.04 Å². The summed E-state index contributed by atoms with van der Waals surface area (Å²) >= 11 is 1.74. The predicted molar refractivity (Wildman–Crippen MR) is 112 cm³/mol. The Balaban J connectivity index is 1.84. The Morgan fingerprint density at radius 3 is 1.93 bits per heavy atom. The van der Waals surface area contributed by atoms with Crippen molar-refractivity contribution in [2.75, 3.05) is 0 Å². The first-order valence-corrected chi connectivity index (χ1v) is 9.72. The lowest BCUT2D eigenvalue weighted by atomic mass is 9.83. The Labute approximate surface area is 162 Å². The Bertz CT molecular complexity index is 1050. The third-order valence-corrected chi connectivity index (χ3v) is 6.33. The molecule has 0 aliphatic carbocycles. The van der Waals surface area contributed by atoms with E-state index in [1.807, 2.05) is 18.2 Å². The Morgan fingerprint density at radius 2 is 1.30 bits per heavy atom. The second kappa shape index (κ2) is 6.60. The van der Waals surface area contributed by atoms with Crippen LogP contribution in [0.4, 0.5) is 5.69 Å². The first-order valence-electron chi connectivity index (χ1n) is 8.90. The van der Waals surface area contributed by atoms with Crippen molar-refractivity contribution in [3.05, 3.63) is 126 Å². The minimum Gasteiger partial charge on any atom is -0.462 e. The van der Waals surface area contributed by atoms with Gasteiger partial charge in [-0.3, -0.25) is 0 Å². The molecule has 4 aromatic rings. The van der Waals surface area contributed by atoms with Crippen molar-refractivity contribution in [2.45, 2.75) is 4.75 Å². The summed E-state index contributed by atoms with van der Waals surface area (Å²) in [7, 11) is 0. The van der Waals surface area contributed by atoms with Gasteiger partial charge in [-0.25, -0.2) is 4.99 Å². The Hall–Kier alpha value is -3.04. The summed E-state index contributed by atoms with van der Waals surface area (Å²) in [5.74, 6) is 0.797. The van der Waals surface area contributed by atoms with E-state index in [1.165, 1.54) is 16.7 Å². The fourth-order valence-corrected chi connectivity index (χ4v) is 5.09. The lowest BCUT2D eigenvalue weighted by Crippen LogP contribution is -2.29. The standard InChI is InChI=1S/C24H17NOS/c1-3-10-18(11-4-1)24(19-12-5-2-6-13-19)20-14-7-8-15-21(20)25-23(27-24)22-16-9-17-26-22/h1-17H. The maximum Gasteiger partial charge on any atom is 0.158 e. The lowest BCUT2D eigenvalue weighted by molar-refractivity contribution is 0.559. The molecule has 0 radical (unpaired) electrons. The van der Waals surface area contributed by atoms with E-state index in [2.05, 4.69) is 78.9 Å². The van der Waals surface area contributed by atoms with Crippen molar-refractivity contribution >= 4 is 22.5 Å². The summed E-state index contributed by atoms with van der Waals surface area (Å²) in [6, 6.07) is 33.6. The van der Waals surface area contributed by atoms with Crippen LogP contribution in [0.3, 0.4) is 0 Å². The highest BCUT2D eigenvalue weighted by Gasteiger charge is 2.43. The molecule has 3 heteroatoms. The van der Waals surface area contributed by atoms with Crippen LogP contribution < -0.4 is 0 Å². The molecule has 0 bridgehead atoms. The third-order valence-electron chi connectivity index (χ3n) is 4.85. The van der Waals surface area contributed by atoms with Gasteiger partial charge >= 0.3 is 0 Å². The zero-order valence-corrected chi connectivity index (χ0v) is 15.4. The van der Waals surface area contributed by atoms with E-state index in [9.17, 15) is 0 Å². The van der Waals surface area contributed by atoms with Crippen molar-refractivity contribution in [3.63, 3.8) is 0 Å². The zero-order valence-electron chi connectivity index (χ0n) is 14.6. The van der Waals surface area contributed by atoms with E-state index < -0.39 is 0 Å². The van der Waals surface area contributed by atoms with E-state index in [1.54, 1.807) is 18.0 Å². The number of rotatable bonds is 3. The number of para-hydroxylation sites is 1. The van der Waals surface area contributed by atoms with Crippen molar-refractivity contribution in [2.24, 2.45) is 4.99 Å². The summed E-state index contributed by atoms with van der Waals surface area (Å²) in [6.07, 6.45) is 1.70. The van der Waals surface area contributed by atoms with Crippen LogP contribution in [0.15, 0.2) is 113 Å². The molecule has 5 rings (SSSR count). The number of benzene rings is 3. The predicted octanol–water partition coefficient (Wildman–Crippen LogP) is 6.40. The molecule has 1 aliphatic rings. The highest BCUT2D eigenvalue weighted by Crippen LogP contribution is 2.55. The van der Waals surface area contributed by atoms with Gasteiger partial charge in [0, 0.05) is 5.56 Å². The molecule has 0 spiro atoms. The number of hydrogen-bond donors (Lipinski definition) is 0. The second-order valence-corrected chi connectivity index (χ2v) is 7.63. The van der Waals surface area contributed by atoms with Gasteiger partial charge in [0.15, 0.2) is 5.76 Å². The number of nitrogens with zero attached hydrogens (tertiary/aromatic N) is 1. The quantitative estimate of drug-likeness (QED) is 0.419. The second-order valence-electron chi connectivity index (χ2n) is 6.43. The van der Waals surface area contributed by atoms with Crippen molar-refractivity contribution in [1.82, 2.24) is 0 Å². The minimum absolute atomic E-state index is 0.386. The molecular weight excluding hydrogens is 350 g/mol. The normalized spacial score (nSPS) is 15.0. The van der Waals surface area contributed by atoms with Gasteiger partial charge in [0.2, 0.25) is 0 Å². The molecule has 1 aromatic heterocycles. The molecule has 1 aliphatic heterocycles. The molecule has 0 atom stereocenters. The fourth-order valence-electron chi connectivity index (χ4n) is 3.65.